The molecular formula is C13H18N2O2. The fourth-order valence-corrected chi connectivity index (χ4v) is 2.24. The molecule has 1 aromatic rings. The van der Waals surface area contributed by atoms with Gasteiger partial charge < -0.3 is 10.4 Å². The Kier molecular flexibility index (Phi) is 3.98. The highest BCUT2D eigenvalue weighted by atomic mass is 16.4. The zero-order valence-electron chi connectivity index (χ0n) is 9.85. The first kappa shape index (κ1) is 11.9. The van der Waals surface area contributed by atoms with Crippen LogP contribution >= 0.6 is 0 Å². The first-order chi connectivity index (χ1) is 8.25. The van der Waals surface area contributed by atoms with E-state index in [0.29, 0.717) is 6.54 Å². The Hall–Kier alpha value is -1.55. The lowest BCUT2D eigenvalue weighted by molar-refractivity contribution is 0.192. The molecular weight excluding hydrogens is 216 g/mol. The number of carbonyl (C=O) groups is 1. The summed E-state index contributed by atoms with van der Waals surface area (Å²) in [5.41, 5.74) is 2.86. The molecule has 0 saturated carbocycles. The van der Waals surface area contributed by atoms with Crippen molar-refractivity contribution in [2.45, 2.75) is 19.4 Å². The van der Waals surface area contributed by atoms with E-state index in [1.807, 2.05) is 0 Å². The van der Waals surface area contributed by atoms with Crippen molar-refractivity contribution in [1.82, 2.24) is 10.2 Å². The van der Waals surface area contributed by atoms with E-state index in [0.717, 1.165) is 32.5 Å². The number of nitrogens with one attached hydrogen (secondary N) is 1. The fourth-order valence-electron chi connectivity index (χ4n) is 2.24. The van der Waals surface area contributed by atoms with E-state index in [4.69, 9.17) is 5.11 Å². The monoisotopic (exact) mass is 234 g/mol. The van der Waals surface area contributed by atoms with E-state index >= 15 is 0 Å². The van der Waals surface area contributed by atoms with E-state index < -0.39 is 6.09 Å². The minimum absolute atomic E-state index is 0.535. The maximum Gasteiger partial charge on any atom is 0.404 e. The first-order valence-corrected chi connectivity index (χ1v) is 6.01. The number of benzene rings is 1. The highest BCUT2D eigenvalue weighted by molar-refractivity contribution is 5.64. The molecule has 1 heterocycles. The van der Waals surface area contributed by atoms with Crippen LogP contribution in [0.25, 0.3) is 0 Å². The van der Waals surface area contributed by atoms with Crippen molar-refractivity contribution >= 4 is 6.09 Å². The van der Waals surface area contributed by atoms with Crippen molar-refractivity contribution in [1.29, 1.82) is 0 Å². The SMILES string of the molecule is O=C(O)NCCCN1CCc2ccccc2C1. The molecule has 0 aromatic heterocycles. The van der Waals surface area contributed by atoms with Crippen molar-refractivity contribution < 1.29 is 9.90 Å². The zero-order chi connectivity index (χ0) is 12.1. The molecule has 1 amide bonds. The Morgan fingerprint density at radius 3 is 2.88 bits per heavy atom. The molecule has 4 heteroatoms. The van der Waals surface area contributed by atoms with Crippen molar-refractivity contribution in [3.63, 3.8) is 0 Å². The van der Waals surface area contributed by atoms with E-state index in [1.54, 1.807) is 0 Å². The predicted octanol–water partition coefficient (Wildman–Crippen LogP) is 1.70. The number of hydrogen-bond acceptors (Lipinski definition) is 2. The molecule has 17 heavy (non-hydrogen) atoms. The number of hydrogen-bond donors (Lipinski definition) is 2. The van der Waals surface area contributed by atoms with E-state index in [-0.39, 0.29) is 0 Å². The van der Waals surface area contributed by atoms with Gasteiger partial charge in [-0.3, -0.25) is 4.90 Å². The van der Waals surface area contributed by atoms with Gasteiger partial charge in [0.15, 0.2) is 0 Å². The van der Waals surface area contributed by atoms with Crippen molar-refractivity contribution in [3.05, 3.63) is 35.4 Å². The van der Waals surface area contributed by atoms with Crippen LogP contribution < -0.4 is 5.32 Å². The van der Waals surface area contributed by atoms with Gasteiger partial charge in [0.1, 0.15) is 0 Å². The smallest absolute Gasteiger partial charge is 0.404 e. The van der Waals surface area contributed by atoms with Gasteiger partial charge in [0.05, 0.1) is 0 Å². The topological polar surface area (TPSA) is 52.6 Å². The Labute approximate surface area is 101 Å². The second-order valence-electron chi connectivity index (χ2n) is 4.38. The van der Waals surface area contributed by atoms with Gasteiger partial charge in [0, 0.05) is 26.2 Å². The van der Waals surface area contributed by atoms with Crippen molar-refractivity contribution in [3.8, 4) is 0 Å². The van der Waals surface area contributed by atoms with Crippen LogP contribution in [0.5, 0.6) is 0 Å². The van der Waals surface area contributed by atoms with Gasteiger partial charge in [-0.2, -0.15) is 0 Å². The predicted molar refractivity (Wildman–Crippen MR) is 66.1 cm³/mol. The van der Waals surface area contributed by atoms with Crippen LogP contribution in [-0.2, 0) is 13.0 Å². The molecule has 0 unspecified atom stereocenters. The Balaban J connectivity index is 1.76. The number of fused-ring (bicyclic) bond motifs is 1. The summed E-state index contributed by atoms with van der Waals surface area (Å²) in [5.74, 6) is 0. The van der Waals surface area contributed by atoms with Gasteiger partial charge in [-0.15, -0.1) is 0 Å². The molecule has 92 valence electrons. The van der Waals surface area contributed by atoms with E-state index in [9.17, 15) is 4.79 Å². The lowest BCUT2D eigenvalue weighted by atomic mass is 10.00. The minimum atomic E-state index is -0.936. The summed E-state index contributed by atoms with van der Waals surface area (Å²) in [6, 6.07) is 8.54. The van der Waals surface area contributed by atoms with Gasteiger partial charge in [-0.1, -0.05) is 24.3 Å². The second kappa shape index (κ2) is 5.68. The lowest BCUT2D eigenvalue weighted by Crippen LogP contribution is -2.33. The van der Waals surface area contributed by atoms with Gasteiger partial charge in [-0.05, 0) is 24.0 Å². The number of nitrogens with zero attached hydrogens (tertiary/aromatic N) is 1. The first-order valence-electron chi connectivity index (χ1n) is 6.01. The molecule has 0 fully saturated rings. The molecule has 1 aromatic carbocycles. The van der Waals surface area contributed by atoms with Crippen LogP contribution in [0.15, 0.2) is 24.3 Å². The molecule has 0 bridgehead atoms. The molecule has 0 radical (unpaired) electrons. The largest absolute Gasteiger partial charge is 0.465 e. The summed E-state index contributed by atoms with van der Waals surface area (Å²) < 4.78 is 0. The van der Waals surface area contributed by atoms with E-state index in [1.165, 1.54) is 11.1 Å². The van der Waals surface area contributed by atoms with Crippen molar-refractivity contribution in [2.24, 2.45) is 0 Å². The summed E-state index contributed by atoms with van der Waals surface area (Å²) >= 11 is 0. The molecule has 0 atom stereocenters. The van der Waals surface area contributed by atoms with Gasteiger partial charge in [0.2, 0.25) is 0 Å². The molecule has 2 N–H and O–H groups in total. The second-order valence-corrected chi connectivity index (χ2v) is 4.38. The quantitative estimate of drug-likeness (QED) is 0.780. The van der Waals surface area contributed by atoms with Gasteiger partial charge in [0.25, 0.3) is 0 Å². The summed E-state index contributed by atoms with van der Waals surface area (Å²) in [5, 5.41) is 10.9. The van der Waals surface area contributed by atoms with Crippen LogP contribution in [0.2, 0.25) is 0 Å². The summed E-state index contributed by atoms with van der Waals surface area (Å²) in [4.78, 5) is 12.7. The normalized spacial score (nSPS) is 15.3. The van der Waals surface area contributed by atoms with Crippen LogP contribution in [-0.4, -0.2) is 35.7 Å². The standard InChI is InChI=1S/C13H18N2O2/c16-13(17)14-7-3-8-15-9-6-11-4-1-2-5-12(11)10-15/h1-2,4-5,14H,3,6-10H2,(H,16,17). The maximum absolute atomic E-state index is 10.3. The Morgan fingerprint density at radius 2 is 2.12 bits per heavy atom. The number of rotatable bonds is 4. The number of amides is 1. The molecule has 1 aliphatic rings. The summed E-state index contributed by atoms with van der Waals surface area (Å²) in [6.07, 6.45) is 1.03. The molecule has 4 nitrogen and oxygen atoms in total. The molecule has 0 aliphatic carbocycles. The number of carboxylic acid groups (broad SMARTS) is 1. The third kappa shape index (κ3) is 3.46. The molecule has 1 aliphatic heterocycles. The third-order valence-electron chi connectivity index (χ3n) is 3.14. The van der Waals surface area contributed by atoms with Crippen LogP contribution in [0.1, 0.15) is 17.5 Å². The van der Waals surface area contributed by atoms with Gasteiger partial charge in [-0.25, -0.2) is 4.79 Å². The molecule has 0 saturated heterocycles. The Bertz CT molecular complexity index is 393. The fraction of sp³-hybridized carbons (Fsp3) is 0.462. The summed E-state index contributed by atoms with van der Waals surface area (Å²) in [6.45, 7) is 3.55. The molecule has 0 spiro atoms. The van der Waals surface area contributed by atoms with Crippen LogP contribution in [0, 0.1) is 0 Å². The zero-order valence-corrected chi connectivity index (χ0v) is 9.85. The molecule has 2 rings (SSSR count). The van der Waals surface area contributed by atoms with Crippen LogP contribution in [0.3, 0.4) is 0 Å². The summed E-state index contributed by atoms with van der Waals surface area (Å²) in [7, 11) is 0. The third-order valence-corrected chi connectivity index (χ3v) is 3.14. The Morgan fingerprint density at radius 1 is 1.35 bits per heavy atom. The lowest BCUT2D eigenvalue weighted by Gasteiger charge is -2.28. The van der Waals surface area contributed by atoms with E-state index in [2.05, 4.69) is 34.5 Å². The minimum Gasteiger partial charge on any atom is -0.465 e. The highest BCUT2D eigenvalue weighted by Crippen LogP contribution is 2.18. The highest BCUT2D eigenvalue weighted by Gasteiger charge is 2.14. The van der Waals surface area contributed by atoms with Crippen molar-refractivity contribution in [2.75, 3.05) is 19.6 Å². The van der Waals surface area contributed by atoms with Crippen LogP contribution in [0.4, 0.5) is 4.79 Å². The average molecular weight is 234 g/mol. The maximum atomic E-state index is 10.3. The van der Waals surface area contributed by atoms with Gasteiger partial charge >= 0.3 is 6.09 Å². The average Bonchev–Trinajstić information content (AvgIpc) is 2.34.